The summed E-state index contributed by atoms with van der Waals surface area (Å²) in [6.45, 7) is 4.72. The molecule has 0 rings (SSSR count). The number of esters is 3. The highest BCUT2D eigenvalue weighted by Gasteiger charge is 2.33. The van der Waals surface area contributed by atoms with Crippen molar-refractivity contribution in [3.8, 4) is 0 Å². The lowest BCUT2D eigenvalue weighted by molar-refractivity contribution is -0.182. The van der Waals surface area contributed by atoms with Crippen molar-refractivity contribution in [2.24, 2.45) is 4.99 Å². The van der Waals surface area contributed by atoms with Crippen LogP contribution in [0.25, 0.3) is 0 Å². The largest absolute Gasteiger partial charge is 0.463 e. The predicted octanol–water partition coefficient (Wildman–Crippen LogP) is 2.92. The molecule has 8 nitrogen and oxygen atoms in total. The van der Waals surface area contributed by atoms with Gasteiger partial charge >= 0.3 is 24.1 Å². The molecular weight excluding hydrogens is 431 g/mol. The topological polar surface area (TPSA) is 100 Å². The number of alkyl halides is 3. The van der Waals surface area contributed by atoms with Crippen molar-refractivity contribution in [1.29, 1.82) is 0 Å². The van der Waals surface area contributed by atoms with Crippen LogP contribution in [-0.4, -0.2) is 73.5 Å². The SMILES string of the molecule is CS/C(CCC(F)(F)F)=N\CCO[C@H](COC(C)=O)[C@@H](OC(C)=O)[C@@H](C)OC(C)=O. The summed E-state index contributed by atoms with van der Waals surface area (Å²) in [5, 5.41) is 0.317. The molecule has 0 saturated carbocycles. The number of aliphatic imine (C=N–C) groups is 1. The van der Waals surface area contributed by atoms with Crippen LogP contribution in [0.3, 0.4) is 0 Å². The molecule has 30 heavy (non-hydrogen) atoms. The van der Waals surface area contributed by atoms with Gasteiger partial charge in [-0.3, -0.25) is 19.4 Å². The highest BCUT2D eigenvalue weighted by Crippen LogP contribution is 2.23. The second-order valence-corrected chi connectivity index (χ2v) is 7.07. The Morgan fingerprint density at radius 1 is 1.03 bits per heavy atom. The van der Waals surface area contributed by atoms with Gasteiger partial charge in [0.25, 0.3) is 0 Å². The molecule has 3 atom stereocenters. The Morgan fingerprint density at radius 3 is 2.10 bits per heavy atom. The molecule has 0 aromatic rings. The molecule has 174 valence electrons. The van der Waals surface area contributed by atoms with E-state index in [9.17, 15) is 27.6 Å². The zero-order chi connectivity index (χ0) is 23.3. The van der Waals surface area contributed by atoms with Crippen LogP contribution in [-0.2, 0) is 33.3 Å². The number of rotatable bonds is 12. The van der Waals surface area contributed by atoms with Crippen LogP contribution in [0.2, 0.25) is 0 Å². The van der Waals surface area contributed by atoms with Crippen LogP contribution in [0.4, 0.5) is 13.2 Å². The fourth-order valence-electron chi connectivity index (χ4n) is 2.30. The Balaban J connectivity index is 5.11. The Bertz CT molecular complexity index is 599. The van der Waals surface area contributed by atoms with Gasteiger partial charge in [0.2, 0.25) is 0 Å². The van der Waals surface area contributed by atoms with Crippen molar-refractivity contribution in [3.05, 3.63) is 0 Å². The minimum absolute atomic E-state index is 0.0410. The minimum atomic E-state index is -4.27. The van der Waals surface area contributed by atoms with Crippen LogP contribution in [0.5, 0.6) is 0 Å². The number of thioether (sulfide) groups is 1. The Hall–Kier alpha value is -1.82. The Labute approximate surface area is 177 Å². The van der Waals surface area contributed by atoms with Gasteiger partial charge in [-0.2, -0.15) is 13.2 Å². The summed E-state index contributed by atoms with van der Waals surface area (Å²) in [6.07, 6.45) is -6.80. The van der Waals surface area contributed by atoms with Crippen LogP contribution >= 0.6 is 11.8 Å². The van der Waals surface area contributed by atoms with E-state index in [1.165, 1.54) is 20.8 Å². The van der Waals surface area contributed by atoms with Gasteiger partial charge in [-0.15, -0.1) is 11.8 Å². The zero-order valence-corrected chi connectivity index (χ0v) is 18.4. The molecule has 0 aromatic carbocycles. The first kappa shape index (κ1) is 28.2. The van der Waals surface area contributed by atoms with E-state index in [4.69, 9.17) is 18.9 Å². The molecule has 0 heterocycles. The summed E-state index contributed by atoms with van der Waals surface area (Å²) < 4.78 is 57.8. The van der Waals surface area contributed by atoms with Gasteiger partial charge in [0.15, 0.2) is 6.10 Å². The third kappa shape index (κ3) is 14.2. The fraction of sp³-hybridized carbons (Fsp3) is 0.778. The molecule has 0 aliphatic rings. The first-order valence-corrected chi connectivity index (χ1v) is 10.3. The molecule has 0 unspecified atom stereocenters. The van der Waals surface area contributed by atoms with E-state index in [2.05, 4.69) is 4.99 Å². The lowest BCUT2D eigenvalue weighted by atomic mass is 10.1. The van der Waals surface area contributed by atoms with E-state index < -0.39 is 48.8 Å². The smallest absolute Gasteiger partial charge is 0.389 e. The number of carbonyl (C=O) groups excluding carboxylic acids is 3. The lowest BCUT2D eigenvalue weighted by Crippen LogP contribution is -2.45. The molecule has 0 radical (unpaired) electrons. The van der Waals surface area contributed by atoms with Crippen molar-refractivity contribution in [1.82, 2.24) is 0 Å². The first-order chi connectivity index (χ1) is 13.9. The van der Waals surface area contributed by atoms with Crippen LogP contribution < -0.4 is 0 Å². The summed E-state index contributed by atoms with van der Waals surface area (Å²) in [5.74, 6) is -1.87. The van der Waals surface area contributed by atoms with Crippen molar-refractivity contribution in [2.45, 2.75) is 65.0 Å². The summed E-state index contributed by atoms with van der Waals surface area (Å²) in [7, 11) is 0. The number of hydrogen-bond donors (Lipinski definition) is 0. The van der Waals surface area contributed by atoms with Gasteiger partial charge in [-0.25, -0.2) is 0 Å². The maximum Gasteiger partial charge on any atom is 0.389 e. The molecule has 0 aliphatic heterocycles. The van der Waals surface area contributed by atoms with E-state index in [-0.39, 0.29) is 26.2 Å². The van der Waals surface area contributed by atoms with Gasteiger partial charge in [-0.1, -0.05) is 0 Å². The monoisotopic (exact) mass is 459 g/mol. The molecule has 12 heteroatoms. The highest BCUT2D eigenvalue weighted by atomic mass is 32.2. The molecule has 0 N–H and O–H groups in total. The number of nitrogens with zero attached hydrogens (tertiary/aromatic N) is 1. The molecule has 0 saturated heterocycles. The molecule has 0 spiro atoms. The Kier molecular flexibility index (Phi) is 13.4. The van der Waals surface area contributed by atoms with Crippen LogP contribution in [0.15, 0.2) is 4.99 Å². The van der Waals surface area contributed by atoms with Crippen LogP contribution in [0, 0.1) is 0 Å². The van der Waals surface area contributed by atoms with Crippen molar-refractivity contribution >= 4 is 34.7 Å². The van der Waals surface area contributed by atoms with E-state index in [0.29, 0.717) is 5.04 Å². The summed E-state index contributed by atoms with van der Waals surface area (Å²) in [4.78, 5) is 37.9. The van der Waals surface area contributed by atoms with Gasteiger partial charge < -0.3 is 18.9 Å². The molecule has 0 aromatic heterocycles. The summed E-state index contributed by atoms with van der Waals surface area (Å²) >= 11 is 1.11. The second-order valence-electron chi connectivity index (χ2n) is 6.20. The van der Waals surface area contributed by atoms with Crippen molar-refractivity contribution < 1.29 is 46.5 Å². The molecule has 0 amide bonds. The average Bonchev–Trinajstić information content (AvgIpc) is 2.60. The van der Waals surface area contributed by atoms with Gasteiger partial charge in [-0.05, 0) is 13.2 Å². The highest BCUT2D eigenvalue weighted by molar-refractivity contribution is 8.13. The normalized spacial score (nSPS) is 15.1. The fourth-order valence-corrected chi connectivity index (χ4v) is 2.83. The summed E-state index contributed by atoms with van der Waals surface area (Å²) in [5.41, 5.74) is 0. The zero-order valence-electron chi connectivity index (χ0n) is 17.6. The number of carbonyl (C=O) groups is 3. The minimum Gasteiger partial charge on any atom is -0.463 e. The predicted molar refractivity (Wildman–Crippen MR) is 104 cm³/mol. The first-order valence-electron chi connectivity index (χ1n) is 9.09. The maximum atomic E-state index is 12.3. The third-order valence-corrected chi connectivity index (χ3v) is 4.31. The second kappa shape index (κ2) is 14.2. The molecule has 0 aliphatic carbocycles. The van der Waals surface area contributed by atoms with Crippen molar-refractivity contribution in [2.75, 3.05) is 26.0 Å². The van der Waals surface area contributed by atoms with E-state index in [0.717, 1.165) is 18.7 Å². The van der Waals surface area contributed by atoms with E-state index in [1.54, 1.807) is 6.26 Å². The van der Waals surface area contributed by atoms with Gasteiger partial charge in [0.05, 0.1) is 18.2 Å². The number of ether oxygens (including phenoxy) is 4. The van der Waals surface area contributed by atoms with Gasteiger partial charge in [0, 0.05) is 33.6 Å². The van der Waals surface area contributed by atoms with Crippen molar-refractivity contribution in [3.63, 3.8) is 0 Å². The quantitative estimate of drug-likeness (QED) is 0.144. The van der Waals surface area contributed by atoms with E-state index in [1.807, 2.05) is 0 Å². The maximum absolute atomic E-state index is 12.3. The van der Waals surface area contributed by atoms with Crippen LogP contribution in [0.1, 0.15) is 40.5 Å². The lowest BCUT2D eigenvalue weighted by Gasteiger charge is -2.30. The molecule has 0 fully saturated rings. The summed E-state index contributed by atoms with van der Waals surface area (Å²) in [6, 6.07) is 0. The Morgan fingerprint density at radius 2 is 1.63 bits per heavy atom. The van der Waals surface area contributed by atoms with Gasteiger partial charge in [0.1, 0.15) is 18.8 Å². The molecule has 0 bridgehead atoms. The van der Waals surface area contributed by atoms with E-state index >= 15 is 0 Å². The number of halogens is 3. The number of hydrogen-bond acceptors (Lipinski definition) is 9. The average molecular weight is 459 g/mol. The standard InChI is InChI=1S/C18H28F3NO7S/c1-11(28-13(3)24)17(29-14(4)25)15(10-27-12(2)23)26-9-8-22-16(30-5)6-7-18(19,20)21/h11,15,17H,6-10H2,1-5H3/b22-16-/t11-,15-,17+/m1/s1. The molecular formula is C18H28F3NO7S. The third-order valence-electron chi connectivity index (χ3n) is 3.50.